The third-order valence-electron chi connectivity index (χ3n) is 4.05. The maximum atomic E-state index is 13.9. The van der Waals surface area contributed by atoms with Crippen LogP contribution in [0.1, 0.15) is 11.1 Å². The fourth-order valence-corrected chi connectivity index (χ4v) is 4.09. The fourth-order valence-electron chi connectivity index (χ4n) is 2.68. The van der Waals surface area contributed by atoms with E-state index in [1.807, 2.05) is 0 Å². The largest absolute Gasteiger partial charge is 0.493 e. The van der Waals surface area contributed by atoms with Crippen LogP contribution in [0.15, 0.2) is 45.8 Å². The zero-order valence-corrected chi connectivity index (χ0v) is 18.0. The first kappa shape index (κ1) is 21.8. The molecule has 7 nitrogen and oxygen atoms in total. The van der Waals surface area contributed by atoms with Gasteiger partial charge in [-0.3, -0.25) is 14.5 Å². The Bertz CT molecular complexity index is 1060. The van der Waals surface area contributed by atoms with Crippen LogP contribution in [0.5, 0.6) is 11.5 Å². The van der Waals surface area contributed by atoms with Crippen LogP contribution >= 0.6 is 27.7 Å². The van der Waals surface area contributed by atoms with Gasteiger partial charge in [0.2, 0.25) is 0 Å². The van der Waals surface area contributed by atoms with E-state index in [0.29, 0.717) is 10.0 Å². The van der Waals surface area contributed by atoms with Gasteiger partial charge in [-0.15, -0.1) is 0 Å². The van der Waals surface area contributed by atoms with Gasteiger partial charge in [0.15, 0.2) is 18.1 Å². The minimum absolute atomic E-state index is 0.163. The number of nitrogens with zero attached hydrogens (tertiary/aromatic N) is 1. The lowest BCUT2D eigenvalue weighted by Crippen LogP contribution is -2.27. The molecule has 0 aromatic heterocycles. The first-order valence-corrected chi connectivity index (χ1v) is 10.1. The number of carbonyl (C=O) groups is 3. The normalized spacial score (nSPS) is 15.0. The molecule has 1 heterocycles. The van der Waals surface area contributed by atoms with Crippen LogP contribution in [-0.2, 0) is 16.1 Å². The number of hydrogen-bond donors (Lipinski definition) is 1. The number of halogens is 2. The molecular weight excluding hydrogens is 481 g/mol. The lowest BCUT2D eigenvalue weighted by Gasteiger charge is -2.13. The highest BCUT2D eigenvalue weighted by atomic mass is 79.9. The molecule has 0 atom stereocenters. The molecule has 2 aromatic carbocycles. The van der Waals surface area contributed by atoms with Crippen LogP contribution < -0.4 is 9.47 Å². The van der Waals surface area contributed by atoms with E-state index >= 15 is 0 Å². The summed E-state index contributed by atoms with van der Waals surface area (Å²) in [6.07, 6.45) is 1.50. The number of carboxylic acid groups (broad SMARTS) is 1. The van der Waals surface area contributed by atoms with E-state index in [0.717, 1.165) is 16.7 Å². The summed E-state index contributed by atoms with van der Waals surface area (Å²) in [7, 11) is 1.39. The molecule has 2 aromatic rings. The summed E-state index contributed by atoms with van der Waals surface area (Å²) in [5.74, 6) is -1.72. The number of ether oxygens (including phenoxy) is 2. The molecule has 1 saturated heterocycles. The predicted molar refractivity (Wildman–Crippen MR) is 112 cm³/mol. The van der Waals surface area contributed by atoms with Gasteiger partial charge in [-0.05, 0) is 57.5 Å². The Balaban J connectivity index is 1.85. The number of carbonyl (C=O) groups excluding carboxylic acids is 2. The number of thioether (sulfide) groups is 1. The number of rotatable bonds is 7. The van der Waals surface area contributed by atoms with Crippen LogP contribution in [0.25, 0.3) is 6.08 Å². The summed E-state index contributed by atoms with van der Waals surface area (Å²) in [6.45, 7) is -0.715. The number of imide groups is 1. The Kier molecular flexibility index (Phi) is 6.78. The third kappa shape index (κ3) is 4.82. The van der Waals surface area contributed by atoms with Gasteiger partial charge in [0.05, 0.1) is 23.0 Å². The molecule has 1 aliphatic rings. The number of benzene rings is 2. The minimum Gasteiger partial charge on any atom is -0.493 e. The van der Waals surface area contributed by atoms with E-state index in [-0.39, 0.29) is 28.5 Å². The monoisotopic (exact) mass is 495 g/mol. The fraction of sp³-hybridized carbons (Fsp3) is 0.150. The summed E-state index contributed by atoms with van der Waals surface area (Å²) in [4.78, 5) is 36.9. The summed E-state index contributed by atoms with van der Waals surface area (Å²) >= 11 is 4.04. The summed E-state index contributed by atoms with van der Waals surface area (Å²) in [6, 6.07) is 9.09. The Morgan fingerprint density at radius 2 is 2.03 bits per heavy atom. The van der Waals surface area contributed by atoms with Crippen LogP contribution in [0.2, 0.25) is 0 Å². The highest BCUT2D eigenvalue weighted by Gasteiger charge is 2.35. The van der Waals surface area contributed by atoms with E-state index < -0.39 is 29.5 Å². The van der Waals surface area contributed by atoms with E-state index in [1.54, 1.807) is 18.2 Å². The predicted octanol–water partition coefficient (Wildman–Crippen LogP) is 4.30. The zero-order valence-electron chi connectivity index (χ0n) is 15.6. The minimum atomic E-state index is -1.14. The van der Waals surface area contributed by atoms with Crippen LogP contribution in [0, 0.1) is 5.82 Å². The first-order chi connectivity index (χ1) is 14.3. The molecule has 2 amide bonds. The van der Waals surface area contributed by atoms with Crippen molar-refractivity contribution < 1.29 is 33.4 Å². The zero-order chi connectivity index (χ0) is 21.8. The summed E-state index contributed by atoms with van der Waals surface area (Å²) in [5.41, 5.74) is 0.767. The summed E-state index contributed by atoms with van der Waals surface area (Å²) < 4.78 is 24.8. The van der Waals surface area contributed by atoms with Gasteiger partial charge >= 0.3 is 5.97 Å². The number of hydrogen-bond acceptors (Lipinski definition) is 6. The third-order valence-corrected chi connectivity index (χ3v) is 5.55. The molecule has 0 aliphatic carbocycles. The first-order valence-electron chi connectivity index (χ1n) is 8.51. The highest BCUT2D eigenvalue weighted by Crippen LogP contribution is 2.39. The van der Waals surface area contributed by atoms with E-state index in [1.165, 1.54) is 31.4 Å². The number of methoxy groups -OCH3 is 1. The topological polar surface area (TPSA) is 93.1 Å². The van der Waals surface area contributed by atoms with Gasteiger partial charge in [-0.25, -0.2) is 9.18 Å². The second-order valence-electron chi connectivity index (χ2n) is 6.08. The highest BCUT2D eigenvalue weighted by molar-refractivity contribution is 9.10. The maximum absolute atomic E-state index is 13.9. The molecule has 30 heavy (non-hydrogen) atoms. The standard InChI is InChI=1S/C20H15BrFNO6S/c1-28-15-7-11(6-13(21)18(15)29-10-17(24)25)8-16-19(26)23(20(27)30-16)9-12-4-2-3-5-14(12)22/h2-8H,9-10H2,1H3,(H,24,25). The van der Waals surface area contributed by atoms with E-state index in [2.05, 4.69) is 15.9 Å². The second-order valence-corrected chi connectivity index (χ2v) is 7.92. The Morgan fingerprint density at radius 1 is 1.30 bits per heavy atom. The van der Waals surface area contributed by atoms with Crippen molar-refractivity contribution in [3.05, 3.63) is 62.7 Å². The molecule has 1 fully saturated rings. The summed E-state index contributed by atoms with van der Waals surface area (Å²) in [5, 5.41) is 8.29. The van der Waals surface area contributed by atoms with Crippen molar-refractivity contribution in [3.63, 3.8) is 0 Å². The molecule has 0 unspecified atom stereocenters. The van der Waals surface area contributed by atoms with Gasteiger partial charge in [0.1, 0.15) is 5.82 Å². The molecule has 0 spiro atoms. The average molecular weight is 496 g/mol. The van der Waals surface area contributed by atoms with Gasteiger partial charge in [0.25, 0.3) is 11.1 Å². The van der Waals surface area contributed by atoms with Crippen molar-refractivity contribution >= 4 is 50.9 Å². The van der Waals surface area contributed by atoms with Crippen LogP contribution in [-0.4, -0.2) is 40.8 Å². The molecule has 3 rings (SSSR count). The van der Waals surface area contributed by atoms with E-state index in [9.17, 15) is 18.8 Å². The molecule has 0 radical (unpaired) electrons. The molecule has 10 heteroatoms. The molecular formula is C20H15BrFNO6S. The van der Waals surface area contributed by atoms with E-state index in [4.69, 9.17) is 14.6 Å². The van der Waals surface area contributed by atoms with Crippen LogP contribution in [0.4, 0.5) is 9.18 Å². The maximum Gasteiger partial charge on any atom is 0.341 e. The van der Waals surface area contributed by atoms with Crippen molar-refractivity contribution in [1.29, 1.82) is 0 Å². The Labute approximate surface area is 183 Å². The van der Waals surface area contributed by atoms with Gasteiger partial charge in [0, 0.05) is 5.56 Å². The number of carboxylic acids is 1. The molecule has 1 N–H and O–H groups in total. The average Bonchev–Trinajstić information content (AvgIpc) is 2.95. The molecule has 1 aliphatic heterocycles. The van der Waals surface area contributed by atoms with Crippen LogP contribution in [0.3, 0.4) is 0 Å². The van der Waals surface area contributed by atoms with Gasteiger partial charge < -0.3 is 14.6 Å². The lowest BCUT2D eigenvalue weighted by atomic mass is 10.1. The Hall–Kier alpha value is -2.85. The van der Waals surface area contributed by atoms with Crippen molar-refractivity contribution in [2.45, 2.75) is 6.54 Å². The van der Waals surface area contributed by atoms with Crippen molar-refractivity contribution in [2.75, 3.05) is 13.7 Å². The van der Waals surface area contributed by atoms with Crippen molar-refractivity contribution in [2.24, 2.45) is 0 Å². The number of amides is 2. The molecule has 156 valence electrons. The van der Waals surface area contributed by atoms with Gasteiger partial charge in [-0.1, -0.05) is 18.2 Å². The second kappa shape index (κ2) is 9.31. The smallest absolute Gasteiger partial charge is 0.341 e. The molecule has 0 bridgehead atoms. The SMILES string of the molecule is COc1cc(C=C2SC(=O)N(Cc3ccccc3F)C2=O)cc(Br)c1OCC(=O)O. The van der Waals surface area contributed by atoms with Crippen molar-refractivity contribution in [1.82, 2.24) is 4.90 Å². The molecule has 0 saturated carbocycles. The Morgan fingerprint density at radius 3 is 2.70 bits per heavy atom. The number of aliphatic carboxylic acids is 1. The van der Waals surface area contributed by atoms with Gasteiger partial charge in [-0.2, -0.15) is 0 Å². The van der Waals surface area contributed by atoms with Crippen molar-refractivity contribution in [3.8, 4) is 11.5 Å². The lowest BCUT2D eigenvalue weighted by molar-refractivity contribution is -0.139. The quantitative estimate of drug-likeness (QED) is 0.572.